The molecule has 0 fully saturated rings. The minimum atomic E-state index is -3.66. The largest absolute Gasteiger partial charge is 0.308 e. The van der Waals surface area contributed by atoms with Crippen LogP contribution in [0.1, 0.15) is 27.0 Å². The molecule has 7 heteroatoms. The van der Waals surface area contributed by atoms with E-state index in [9.17, 15) is 13.2 Å². The van der Waals surface area contributed by atoms with Crippen LogP contribution in [0.15, 0.2) is 71.6 Å². The van der Waals surface area contributed by atoms with Crippen molar-refractivity contribution < 1.29 is 13.2 Å². The summed E-state index contributed by atoms with van der Waals surface area (Å²) in [6.45, 7) is 2.67. The lowest BCUT2D eigenvalue weighted by atomic mass is 10.1. The van der Waals surface area contributed by atoms with Gasteiger partial charge in [-0.15, -0.1) is 0 Å². The van der Waals surface area contributed by atoms with Crippen molar-refractivity contribution in [3.05, 3.63) is 94.0 Å². The fourth-order valence-corrected chi connectivity index (χ4v) is 4.72. The van der Waals surface area contributed by atoms with Gasteiger partial charge < -0.3 is 4.90 Å². The second-order valence-corrected chi connectivity index (χ2v) is 9.47. The number of aryl methyl sites for hydroxylation is 1. The van der Waals surface area contributed by atoms with E-state index in [0.717, 1.165) is 28.8 Å². The van der Waals surface area contributed by atoms with Gasteiger partial charge in [0.05, 0.1) is 4.90 Å². The molecule has 3 aromatic rings. The summed E-state index contributed by atoms with van der Waals surface area (Å²) in [5, 5.41) is 0.478. The number of anilines is 1. The lowest BCUT2D eigenvalue weighted by Crippen LogP contribution is -2.29. The van der Waals surface area contributed by atoms with E-state index in [1.54, 1.807) is 17.0 Å². The zero-order valence-electron chi connectivity index (χ0n) is 16.4. The maximum absolute atomic E-state index is 13.1. The van der Waals surface area contributed by atoms with Crippen molar-refractivity contribution in [3.63, 3.8) is 0 Å². The maximum Gasteiger partial charge on any atom is 0.258 e. The van der Waals surface area contributed by atoms with Gasteiger partial charge in [0.2, 0.25) is 10.0 Å². The molecule has 154 valence electrons. The van der Waals surface area contributed by atoms with Crippen molar-refractivity contribution in [2.75, 3.05) is 11.4 Å². The Morgan fingerprint density at radius 1 is 1.07 bits per heavy atom. The number of hydrogen-bond donors (Lipinski definition) is 1. The first-order valence-electron chi connectivity index (χ1n) is 9.60. The molecule has 0 saturated carbocycles. The second kappa shape index (κ2) is 8.22. The zero-order valence-corrected chi connectivity index (χ0v) is 18.0. The molecule has 0 atom stereocenters. The van der Waals surface area contributed by atoms with Crippen LogP contribution < -0.4 is 9.62 Å². The molecule has 0 saturated heterocycles. The predicted molar refractivity (Wildman–Crippen MR) is 118 cm³/mol. The number of amides is 1. The molecule has 1 aliphatic rings. The predicted octanol–water partition coefficient (Wildman–Crippen LogP) is 4.33. The molecular weight excluding hydrogens is 420 g/mol. The number of fused-ring (bicyclic) bond motifs is 1. The van der Waals surface area contributed by atoms with E-state index in [0.29, 0.717) is 17.1 Å². The summed E-state index contributed by atoms with van der Waals surface area (Å²) < 4.78 is 27.7. The van der Waals surface area contributed by atoms with Crippen LogP contribution in [0.5, 0.6) is 0 Å². The van der Waals surface area contributed by atoms with E-state index in [1.165, 1.54) is 12.1 Å². The molecule has 1 aliphatic heterocycles. The summed E-state index contributed by atoms with van der Waals surface area (Å²) in [6.07, 6.45) is 0.781. The van der Waals surface area contributed by atoms with Gasteiger partial charge in [0, 0.05) is 29.4 Å². The van der Waals surface area contributed by atoms with Crippen molar-refractivity contribution >= 4 is 33.2 Å². The normalized spacial score (nSPS) is 13.3. The molecular formula is C23H21ClN2O3S. The number of nitrogens with zero attached hydrogens (tertiary/aromatic N) is 1. The molecule has 1 heterocycles. The molecule has 0 aliphatic carbocycles. The van der Waals surface area contributed by atoms with Gasteiger partial charge in [-0.25, -0.2) is 13.1 Å². The molecule has 0 aromatic heterocycles. The molecule has 0 unspecified atom stereocenters. The lowest BCUT2D eigenvalue weighted by molar-refractivity contribution is 0.0989. The van der Waals surface area contributed by atoms with E-state index < -0.39 is 10.0 Å². The Hall–Kier alpha value is -2.67. The molecule has 0 radical (unpaired) electrons. The minimum absolute atomic E-state index is 0.0363. The third kappa shape index (κ3) is 4.12. The first-order chi connectivity index (χ1) is 14.3. The first kappa shape index (κ1) is 20.6. The molecule has 4 rings (SSSR count). The van der Waals surface area contributed by atoms with E-state index >= 15 is 0 Å². The Morgan fingerprint density at radius 3 is 2.53 bits per heavy atom. The number of sulfonamides is 1. The summed E-state index contributed by atoms with van der Waals surface area (Å²) in [5.74, 6) is -0.0363. The number of carbonyl (C=O) groups is 1. The molecule has 0 spiro atoms. The SMILES string of the molecule is Cc1ccccc1C(=O)N1CCc2ccc(CNS(=O)(=O)c3ccc(Cl)cc3)cc21. The Morgan fingerprint density at radius 2 is 1.80 bits per heavy atom. The summed E-state index contributed by atoms with van der Waals surface area (Å²) in [6, 6.07) is 19.3. The Balaban J connectivity index is 1.54. The standard InChI is InChI=1S/C23H21ClN2O3S/c1-16-4-2-3-5-21(16)23(27)26-13-12-18-7-6-17(14-22(18)26)15-25-30(28,29)20-10-8-19(24)9-11-20/h2-11,14,25H,12-13,15H2,1H3. The summed E-state index contributed by atoms with van der Waals surface area (Å²) in [7, 11) is -3.66. The van der Waals surface area contributed by atoms with Gasteiger partial charge in [-0.05, 0) is 66.4 Å². The molecule has 0 bridgehead atoms. The number of halogens is 1. The minimum Gasteiger partial charge on any atom is -0.308 e. The van der Waals surface area contributed by atoms with Gasteiger partial charge in [0.25, 0.3) is 5.91 Å². The average molecular weight is 441 g/mol. The molecule has 3 aromatic carbocycles. The molecule has 5 nitrogen and oxygen atoms in total. The lowest BCUT2D eigenvalue weighted by Gasteiger charge is -2.19. The third-order valence-corrected chi connectivity index (χ3v) is 6.93. The van der Waals surface area contributed by atoms with Crippen LogP contribution in [0.2, 0.25) is 5.02 Å². The third-order valence-electron chi connectivity index (χ3n) is 5.26. The van der Waals surface area contributed by atoms with E-state index in [1.807, 2.05) is 49.4 Å². The second-order valence-electron chi connectivity index (χ2n) is 7.26. The van der Waals surface area contributed by atoms with Gasteiger partial charge in [0.1, 0.15) is 0 Å². The van der Waals surface area contributed by atoms with Crippen LogP contribution in [-0.2, 0) is 23.0 Å². The molecule has 30 heavy (non-hydrogen) atoms. The Bertz CT molecular complexity index is 1210. The van der Waals surface area contributed by atoms with Crippen molar-refractivity contribution in [3.8, 4) is 0 Å². The molecule has 1 N–H and O–H groups in total. The fraction of sp³-hybridized carbons (Fsp3) is 0.174. The van der Waals surface area contributed by atoms with Gasteiger partial charge in [-0.1, -0.05) is 41.9 Å². The number of rotatable bonds is 5. The van der Waals surface area contributed by atoms with Crippen LogP contribution in [0.4, 0.5) is 5.69 Å². The van der Waals surface area contributed by atoms with Crippen LogP contribution >= 0.6 is 11.6 Å². The highest BCUT2D eigenvalue weighted by Gasteiger charge is 2.26. The number of carbonyl (C=O) groups excluding carboxylic acids is 1. The van der Waals surface area contributed by atoms with Gasteiger partial charge in [0.15, 0.2) is 0 Å². The average Bonchev–Trinajstić information content (AvgIpc) is 3.16. The number of benzene rings is 3. The fourth-order valence-electron chi connectivity index (χ4n) is 3.58. The highest BCUT2D eigenvalue weighted by molar-refractivity contribution is 7.89. The van der Waals surface area contributed by atoms with Crippen molar-refractivity contribution in [1.29, 1.82) is 0 Å². The van der Waals surface area contributed by atoms with Crippen molar-refractivity contribution in [2.24, 2.45) is 0 Å². The van der Waals surface area contributed by atoms with Gasteiger partial charge in [-0.3, -0.25) is 4.79 Å². The zero-order chi connectivity index (χ0) is 21.3. The highest BCUT2D eigenvalue weighted by atomic mass is 35.5. The van der Waals surface area contributed by atoms with E-state index in [-0.39, 0.29) is 17.3 Å². The summed E-state index contributed by atoms with van der Waals surface area (Å²) in [4.78, 5) is 15.0. The Labute approximate surface area is 181 Å². The van der Waals surface area contributed by atoms with E-state index in [4.69, 9.17) is 11.6 Å². The van der Waals surface area contributed by atoms with Gasteiger partial charge >= 0.3 is 0 Å². The summed E-state index contributed by atoms with van der Waals surface area (Å²) in [5.41, 5.74) is 4.32. The number of hydrogen-bond acceptors (Lipinski definition) is 3. The quantitative estimate of drug-likeness (QED) is 0.642. The van der Waals surface area contributed by atoms with Crippen molar-refractivity contribution in [1.82, 2.24) is 4.72 Å². The highest BCUT2D eigenvalue weighted by Crippen LogP contribution is 2.31. The number of nitrogens with one attached hydrogen (secondary N) is 1. The topological polar surface area (TPSA) is 66.5 Å². The van der Waals surface area contributed by atoms with Crippen LogP contribution in [0.3, 0.4) is 0 Å². The van der Waals surface area contributed by atoms with Crippen LogP contribution in [0.25, 0.3) is 0 Å². The van der Waals surface area contributed by atoms with Gasteiger partial charge in [-0.2, -0.15) is 0 Å². The van der Waals surface area contributed by atoms with E-state index in [2.05, 4.69) is 4.72 Å². The molecule has 1 amide bonds. The first-order valence-corrected chi connectivity index (χ1v) is 11.5. The van der Waals surface area contributed by atoms with Crippen LogP contribution in [-0.4, -0.2) is 20.9 Å². The van der Waals surface area contributed by atoms with Crippen molar-refractivity contribution in [2.45, 2.75) is 24.8 Å². The monoisotopic (exact) mass is 440 g/mol. The van der Waals surface area contributed by atoms with Crippen LogP contribution in [0, 0.1) is 6.92 Å². The Kier molecular flexibility index (Phi) is 5.64. The maximum atomic E-state index is 13.1. The summed E-state index contributed by atoms with van der Waals surface area (Å²) >= 11 is 5.83. The smallest absolute Gasteiger partial charge is 0.258 e.